The van der Waals surface area contributed by atoms with Crippen LogP contribution in [0.25, 0.3) is 16.8 Å². The lowest BCUT2D eigenvalue weighted by Gasteiger charge is -2.11. The maximum Gasteiger partial charge on any atom is 0.420 e. The van der Waals surface area contributed by atoms with E-state index in [1.807, 2.05) is 0 Å². The Hall–Kier alpha value is -2.68. The number of carboxylic acids is 1. The molecule has 0 saturated heterocycles. The maximum atomic E-state index is 13.4. The quantitative estimate of drug-likeness (QED) is 0.662. The molecule has 0 aliphatic carbocycles. The summed E-state index contributed by atoms with van der Waals surface area (Å²) in [6.07, 6.45) is -3.81. The number of nitrogens with zero attached hydrogens (tertiary/aromatic N) is 2. The number of fused-ring (bicyclic) bond motifs is 1. The summed E-state index contributed by atoms with van der Waals surface area (Å²) in [4.78, 5) is 14.5. The number of carbonyl (C=O) groups is 1. The van der Waals surface area contributed by atoms with Crippen molar-refractivity contribution in [2.75, 3.05) is 0 Å². The fourth-order valence-corrected chi connectivity index (χ4v) is 2.55. The first kappa shape index (κ1) is 17.2. The molecule has 2 heterocycles. The summed E-state index contributed by atoms with van der Waals surface area (Å²) in [6, 6.07) is 3.24. The Labute approximate surface area is 141 Å². The number of pyridine rings is 1. The number of hydrogen-bond acceptors (Lipinski definition) is 2. The Morgan fingerprint density at radius 3 is 2.36 bits per heavy atom. The molecular weight excluding hydrogens is 371 g/mol. The van der Waals surface area contributed by atoms with Gasteiger partial charge < -0.3 is 5.11 Å². The monoisotopic (exact) mass is 376 g/mol. The Balaban J connectivity index is 2.36. The van der Waals surface area contributed by atoms with E-state index in [1.165, 1.54) is 0 Å². The fourth-order valence-electron chi connectivity index (χ4n) is 2.30. The lowest BCUT2D eigenvalue weighted by molar-refractivity contribution is -0.136. The number of aromatic nitrogens is 2. The molecule has 0 spiro atoms. The molecule has 0 saturated carbocycles. The molecule has 4 nitrogen and oxygen atoms in total. The second kappa shape index (κ2) is 5.69. The zero-order valence-electron chi connectivity index (χ0n) is 11.9. The highest BCUT2D eigenvalue weighted by atomic mass is 35.5. The minimum Gasteiger partial charge on any atom is -0.476 e. The van der Waals surface area contributed by atoms with Gasteiger partial charge in [0.05, 0.1) is 5.56 Å². The maximum absolute atomic E-state index is 13.4. The van der Waals surface area contributed by atoms with E-state index in [9.17, 15) is 26.7 Å². The van der Waals surface area contributed by atoms with Crippen LogP contribution >= 0.6 is 11.6 Å². The van der Waals surface area contributed by atoms with E-state index in [0.29, 0.717) is 6.07 Å². The predicted molar refractivity (Wildman–Crippen MR) is 77.5 cm³/mol. The van der Waals surface area contributed by atoms with E-state index in [4.69, 9.17) is 16.7 Å². The third kappa shape index (κ3) is 2.91. The van der Waals surface area contributed by atoms with Crippen molar-refractivity contribution in [3.05, 3.63) is 58.5 Å². The van der Waals surface area contributed by atoms with Crippen LogP contribution in [0.4, 0.5) is 22.0 Å². The highest BCUT2D eigenvalue weighted by Crippen LogP contribution is 2.37. The number of imidazole rings is 1. The standard InChI is InChI=1S/C15H6ClF5N2O2/c16-12-11(14(24)25)22-13-8(15(19,20)21)3-7(5-23(12)13)6-1-2-9(17)10(18)4-6/h1-5H,(H,24,25). The van der Waals surface area contributed by atoms with Gasteiger partial charge in [-0.05, 0) is 29.3 Å². The normalized spacial score (nSPS) is 11.9. The summed E-state index contributed by atoms with van der Waals surface area (Å²) in [5, 5.41) is 8.44. The van der Waals surface area contributed by atoms with Gasteiger partial charge in [0.15, 0.2) is 23.0 Å². The summed E-state index contributed by atoms with van der Waals surface area (Å²) in [7, 11) is 0. The van der Waals surface area contributed by atoms with Gasteiger partial charge >= 0.3 is 12.1 Å². The number of halogens is 6. The largest absolute Gasteiger partial charge is 0.476 e. The van der Waals surface area contributed by atoms with E-state index in [0.717, 1.165) is 28.8 Å². The summed E-state index contributed by atoms with van der Waals surface area (Å²) in [5.41, 5.74) is -2.91. The van der Waals surface area contributed by atoms with Crippen molar-refractivity contribution >= 4 is 23.2 Å². The van der Waals surface area contributed by atoms with Crippen molar-refractivity contribution in [1.82, 2.24) is 9.38 Å². The summed E-state index contributed by atoms with van der Waals surface area (Å²) in [6.45, 7) is 0. The molecule has 3 rings (SSSR count). The number of aromatic carboxylic acids is 1. The molecule has 25 heavy (non-hydrogen) atoms. The average Bonchev–Trinajstić information content (AvgIpc) is 2.85. The molecule has 0 radical (unpaired) electrons. The highest BCUT2D eigenvalue weighted by molar-refractivity contribution is 6.32. The number of benzene rings is 1. The van der Waals surface area contributed by atoms with Crippen LogP contribution in [0.3, 0.4) is 0 Å². The van der Waals surface area contributed by atoms with Gasteiger partial charge in [0.2, 0.25) is 0 Å². The number of carboxylic acid groups (broad SMARTS) is 1. The van der Waals surface area contributed by atoms with E-state index in [1.54, 1.807) is 0 Å². The molecule has 0 aliphatic heterocycles. The highest BCUT2D eigenvalue weighted by Gasteiger charge is 2.36. The fraction of sp³-hybridized carbons (Fsp3) is 0.0667. The first-order chi connectivity index (χ1) is 11.6. The molecule has 0 fully saturated rings. The average molecular weight is 377 g/mol. The minimum atomic E-state index is -4.87. The second-order valence-electron chi connectivity index (χ2n) is 5.02. The molecule has 0 amide bonds. The van der Waals surface area contributed by atoms with E-state index in [2.05, 4.69) is 4.98 Å². The van der Waals surface area contributed by atoms with Crippen LogP contribution in [0.1, 0.15) is 16.1 Å². The van der Waals surface area contributed by atoms with Gasteiger partial charge in [0.25, 0.3) is 0 Å². The Morgan fingerprint density at radius 2 is 1.80 bits per heavy atom. The van der Waals surface area contributed by atoms with Crippen LogP contribution in [0, 0.1) is 11.6 Å². The summed E-state index contributed by atoms with van der Waals surface area (Å²) in [5.74, 6) is -4.00. The van der Waals surface area contributed by atoms with Crippen molar-refractivity contribution in [2.24, 2.45) is 0 Å². The molecule has 3 aromatic rings. The molecule has 0 bridgehead atoms. The van der Waals surface area contributed by atoms with Crippen LogP contribution in [-0.4, -0.2) is 20.5 Å². The molecule has 0 atom stereocenters. The lowest BCUT2D eigenvalue weighted by Crippen LogP contribution is -2.08. The second-order valence-corrected chi connectivity index (χ2v) is 5.38. The van der Waals surface area contributed by atoms with Crippen molar-refractivity contribution in [2.45, 2.75) is 6.18 Å². The van der Waals surface area contributed by atoms with Crippen LogP contribution in [0.2, 0.25) is 5.15 Å². The topological polar surface area (TPSA) is 54.6 Å². The van der Waals surface area contributed by atoms with Crippen LogP contribution < -0.4 is 0 Å². The van der Waals surface area contributed by atoms with Gasteiger partial charge in [-0.25, -0.2) is 18.6 Å². The van der Waals surface area contributed by atoms with Crippen LogP contribution in [0.15, 0.2) is 30.5 Å². The van der Waals surface area contributed by atoms with Crippen molar-refractivity contribution in [3.63, 3.8) is 0 Å². The minimum absolute atomic E-state index is 0.0482. The zero-order chi connectivity index (χ0) is 18.5. The predicted octanol–water partition coefficient (Wildman–Crippen LogP) is 4.65. The first-order valence-electron chi connectivity index (χ1n) is 6.57. The van der Waals surface area contributed by atoms with Gasteiger partial charge in [-0.2, -0.15) is 13.2 Å². The van der Waals surface area contributed by atoms with Gasteiger partial charge in [-0.3, -0.25) is 4.40 Å². The van der Waals surface area contributed by atoms with Gasteiger partial charge in [0.1, 0.15) is 5.15 Å². The molecule has 130 valence electrons. The Bertz CT molecular complexity index is 1010. The number of rotatable bonds is 2. The van der Waals surface area contributed by atoms with E-state index in [-0.39, 0.29) is 11.1 Å². The summed E-state index contributed by atoms with van der Waals surface area (Å²) < 4.78 is 67.1. The van der Waals surface area contributed by atoms with Crippen LogP contribution in [-0.2, 0) is 6.18 Å². The zero-order valence-corrected chi connectivity index (χ0v) is 12.7. The molecule has 2 aromatic heterocycles. The molecular formula is C15H6ClF5N2O2. The SMILES string of the molecule is O=C(O)c1nc2c(C(F)(F)F)cc(-c3ccc(F)c(F)c3)cn2c1Cl. The third-order valence-electron chi connectivity index (χ3n) is 3.42. The van der Waals surface area contributed by atoms with Gasteiger partial charge in [-0.1, -0.05) is 17.7 Å². The summed E-state index contributed by atoms with van der Waals surface area (Å²) >= 11 is 5.81. The molecule has 1 aromatic carbocycles. The molecule has 10 heteroatoms. The lowest BCUT2D eigenvalue weighted by atomic mass is 10.1. The van der Waals surface area contributed by atoms with E-state index < -0.39 is 45.8 Å². The molecule has 0 unspecified atom stereocenters. The van der Waals surface area contributed by atoms with Gasteiger partial charge in [-0.15, -0.1) is 0 Å². The van der Waals surface area contributed by atoms with Crippen molar-refractivity contribution in [1.29, 1.82) is 0 Å². The van der Waals surface area contributed by atoms with Crippen molar-refractivity contribution < 1.29 is 31.9 Å². The molecule has 0 aliphatic rings. The Morgan fingerprint density at radius 1 is 1.12 bits per heavy atom. The van der Waals surface area contributed by atoms with Gasteiger partial charge in [0, 0.05) is 6.20 Å². The number of alkyl halides is 3. The third-order valence-corrected chi connectivity index (χ3v) is 3.78. The molecule has 1 N–H and O–H groups in total. The Kier molecular flexibility index (Phi) is 3.91. The first-order valence-corrected chi connectivity index (χ1v) is 6.95. The number of hydrogen-bond donors (Lipinski definition) is 1. The smallest absolute Gasteiger partial charge is 0.420 e. The van der Waals surface area contributed by atoms with Crippen molar-refractivity contribution in [3.8, 4) is 11.1 Å². The van der Waals surface area contributed by atoms with Crippen LogP contribution in [0.5, 0.6) is 0 Å². The van der Waals surface area contributed by atoms with E-state index >= 15 is 0 Å².